The Morgan fingerprint density at radius 3 is 2.51 bits per heavy atom. The highest BCUT2D eigenvalue weighted by molar-refractivity contribution is 5.95. The van der Waals surface area contributed by atoms with Crippen molar-refractivity contribution in [3.63, 3.8) is 0 Å². The van der Waals surface area contributed by atoms with Gasteiger partial charge in [0.25, 0.3) is 0 Å². The van der Waals surface area contributed by atoms with Crippen molar-refractivity contribution in [2.75, 3.05) is 13.1 Å². The Balaban J connectivity index is 1.27. The first-order valence-electron chi connectivity index (χ1n) is 12.3. The number of aromatic nitrogens is 7. The number of likely N-dealkylation sites (tertiary alicyclic amines) is 1. The van der Waals surface area contributed by atoms with Crippen molar-refractivity contribution in [3.05, 3.63) is 78.6 Å². The second-order valence-corrected chi connectivity index (χ2v) is 9.41. The summed E-state index contributed by atoms with van der Waals surface area (Å²) >= 11 is 0. The molecule has 0 saturated carbocycles. The maximum atomic E-state index is 13.5. The van der Waals surface area contributed by atoms with E-state index in [1.54, 1.807) is 24.5 Å². The Morgan fingerprint density at radius 2 is 1.65 bits per heavy atom. The van der Waals surface area contributed by atoms with Crippen LogP contribution in [0.3, 0.4) is 0 Å². The van der Waals surface area contributed by atoms with E-state index in [1.807, 2.05) is 24.5 Å². The predicted octanol–water partition coefficient (Wildman–Crippen LogP) is 5.36. The van der Waals surface area contributed by atoms with E-state index in [4.69, 9.17) is 9.97 Å². The van der Waals surface area contributed by atoms with Crippen LogP contribution in [-0.2, 0) is 6.54 Å². The van der Waals surface area contributed by atoms with Crippen LogP contribution in [0.1, 0.15) is 18.4 Å². The van der Waals surface area contributed by atoms with Crippen LogP contribution in [0.15, 0.2) is 67.3 Å². The quantitative estimate of drug-likeness (QED) is 0.338. The smallest absolute Gasteiger partial charge is 0.161 e. The van der Waals surface area contributed by atoms with E-state index in [2.05, 4.69) is 36.1 Å². The minimum atomic E-state index is -0.284. The van der Waals surface area contributed by atoms with E-state index in [-0.39, 0.29) is 5.82 Å². The van der Waals surface area contributed by atoms with Gasteiger partial charge in [0.1, 0.15) is 11.3 Å². The molecule has 37 heavy (non-hydrogen) atoms. The molecule has 6 heterocycles. The van der Waals surface area contributed by atoms with Crippen molar-refractivity contribution in [2.24, 2.45) is 0 Å². The van der Waals surface area contributed by atoms with Crippen molar-refractivity contribution in [2.45, 2.75) is 19.4 Å². The summed E-state index contributed by atoms with van der Waals surface area (Å²) < 4.78 is 13.5. The molecule has 0 unspecified atom stereocenters. The molecule has 1 aromatic carbocycles. The summed E-state index contributed by atoms with van der Waals surface area (Å²) in [6, 6.07) is 12.5. The molecule has 8 nitrogen and oxygen atoms in total. The number of rotatable bonds is 5. The standard InChI is InChI=1S/C28H23FN8/c29-20-5-3-18(4-6-20)21-14-31-15-24-25(21)34-28(33-24)27-26-23(35-36-27)8-7-22(32-26)19-11-17(12-30-13-19)16-37-9-1-2-10-37/h3-8,11-15H,1-2,9-10,16H2,(H,33,34)(H,35,36). The van der Waals surface area contributed by atoms with Gasteiger partial charge in [0, 0.05) is 36.3 Å². The first-order valence-corrected chi connectivity index (χ1v) is 12.3. The molecule has 0 amide bonds. The molecule has 182 valence electrons. The molecule has 2 N–H and O–H groups in total. The Morgan fingerprint density at radius 1 is 0.811 bits per heavy atom. The number of H-pyrrole nitrogens is 2. The summed E-state index contributed by atoms with van der Waals surface area (Å²) in [5.74, 6) is 0.302. The largest absolute Gasteiger partial charge is 0.335 e. The number of benzene rings is 1. The maximum absolute atomic E-state index is 13.5. The number of aromatic amines is 2. The molecule has 0 bridgehead atoms. The average molecular weight is 491 g/mol. The van der Waals surface area contributed by atoms with Crippen LogP contribution in [-0.4, -0.2) is 53.1 Å². The molecule has 1 aliphatic heterocycles. The number of hydrogen-bond acceptors (Lipinski definition) is 6. The molecular weight excluding hydrogens is 467 g/mol. The molecule has 0 aliphatic carbocycles. The molecule has 6 aromatic rings. The van der Waals surface area contributed by atoms with Gasteiger partial charge in [0.2, 0.25) is 0 Å². The number of nitrogens with one attached hydrogen (secondary N) is 2. The number of pyridine rings is 3. The summed E-state index contributed by atoms with van der Waals surface area (Å²) in [4.78, 5) is 24.4. The van der Waals surface area contributed by atoms with Gasteiger partial charge in [-0.25, -0.2) is 14.4 Å². The van der Waals surface area contributed by atoms with E-state index in [0.29, 0.717) is 11.5 Å². The van der Waals surface area contributed by atoms with Gasteiger partial charge in [0.15, 0.2) is 11.5 Å². The number of imidazole rings is 1. The third kappa shape index (κ3) is 4.03. The van der Waals surface area contributed by atoms with Gasteiger partial charge in [-0.05, 0) is 67.4 Å². The Labute approximate surface area is 211 Å². The highest BCUT2D eigenvalue weighted by Gasteiger charge is 2.18. The van der Waals surface area contributed by atoms with Gasteiger partial charge in [0.05, 0.1) is 28.4 Å². The molecule has 1 aliphatic rings. The zero-order valence-corrected chi connectivity index (χ0v) is 19.9. The lowest BCUT2D eigenvalue weighted by Crippen LogP contribution is -2.18. The van der Waals surface area contributed by atoms with Crippen LogP contribution in [0.4, 0.5) is 4.39 Å². The summed E-state index contributed by atoms with van der Waals surface area (Å²) in [5, 5.41) is 7.59. The van der Waals surface area contributed by atoms with Crippen LogP contribution in [0.25, 0.3) is 56.0 Å². The SMILES string of the molecule is Fc1ccc(-c2cncc3[nH]c(-c4n[nH]c5ccc(-c6cncc(CN7CCCC7)c6)nc45)nc23)cc1. The van der Waals surface area contributed by atoms with Gasteiger partial charge in [-0.15, -0.1) is 0 Å². The minimum absolute atomic E-state index is 0.284. The zero-order chi connectivity index (χ0) is 24.8. The molecule has 0 radical (unpaired) electrons. The molecule has 1 fully saturated rings. The number of fused-ring (bicyclic) bond motifs is 2. The Hall–Kier alpha value is -4.50. The average Bonchev–Trinajstić information content (AvgIpc) is 3.68. The second-order valence-electron chi connectivity index (χ2n) is 9.41. The molecular formula is C28H23FN8. The van der Waals surface area contributed by atoms with Crippen LogP contribution >= 0.6 is 0 Å². The molecule has 1 saturated heterocycles. The number of nitrogens with zero attached hydrogens (tertiary/aromatic N) is 6. The van der Waals surface area contributed by atoms with Gasteiger partial charge in [-0.3, -0.25) is 20.0 Å². The van der Waals surface area contributed by atoms with Crippen molar-refractivity contribution < 1.29 is 4.39 Å². The van der Waals surface area contributed by atoms with Crippen LogP contribution in [0.5, 0.6) is 0 Å². The van der Waals surface area contributed by atoms with Crippen molar-refractivity contribution in [1.29, 1.82) is 0 Å². The topological polar surface area (TPSA) is 99.3 Å². The fraction of sp³-hybridized carbons (Fsp3) is 0.179. The Kier molecular flexibility index (Phi) is 5.21. The third-order valence-corrected chi connectivity index (χ3v) is 6.88. The Bertz CT molecular complexity index is 1730. The van der Waals surface area contributed by atoms with Gasteiger partial charge in [-0.1, -0.05) is 12.1 Å². The third-order valence-electron chi connectivity index (χ3n) is 6.88. The van der Waals surface area contributed by atoms with E-state index in [9.17, 15) is 4.39 Å². The molecule has 0 spiro atoms. The van der Waals surface area contributed by atoms with E-state index < -0.39 is 0 Å². The lowest BCUT2D eigenvalue weighted by atomic mass is 10.1. The number of hydrogen-bond donors (Lipinski definition) is 2. The van der Waals surface area contributed by atoms with Crippen molar-refractivity contribution >= 4 is 22.1 Å². The first kappa shape index (κ1) is 21.8. The number of halogens is 1. The summed E-state index contributed by atoms with van der Waals surface area (Å²) in [6.07, 6.45) is 9.77. The summed E-state index contributed by atoms with van der Waals surface area (Å²) in [5.41, 5.74) is 8.31. The lowest BCUT2D eigenvalue weighted by Gasteiger charge is -2.14. The van der Waals surface area contributed by atoms with E-state index in [0.717, 1.165) is 64.1 Å². The highest BCUT2D eigenvalue weighted by atomic mass is 19.1. The minimum Gasteiger partial charge on any atom is -0.335 e. The first-order chi connectivity index (χ1) is 18.2. The fourth-order valence-corrected chi connectivity index (χ4v) is 5.02. The molecule has 0 atom stereocenters. The predicted molar refractivity (Wildman–Crippen MR) is 140 cm³/mol. The highest BCUT2D eigenvalue weighted by Crippen LogP contribution is 2.31. The van der Waals surface area contributed by atoms with Crippen LogP contribution < -0.4 is 0 Å². The van der Waals surface area contributed by atoms with Gasteiger partial charge in [-0.2, -0.15) is 5.10 Å². The van der Waals surface area contributed by atoms with Crippen LogP contribution in [0.2, 0.25) is 0 Å². The van der Waals surface area contributed by atoms with Crippen molar-refractivity contribution in [1.82, 2.24) is 40.0 Å². The summed E-state index contributed by atoms with van der Waals surface area (Å²) in [6.45, 7) is 3.19. The van der Waals surface area contributed by atoms with E-state index in [1.165, 1.54) is 30.5 Å². The summed E-state index contributed by atoms with van der Waals surface area (Å²) in [7, 11) is 0. The normalized spacial score (nSPS) is 14.2. The van der Waals surface area contributed by atoms with Crippen LogP contribution in [0, 0.1) is 5.82 Å². The van der Waals surface area contributed by atoms with Gasteiger partial charge < -0.3 is 4.98 Å². The molecule has 7 rings (SSSR count). The monoisotopic (exact) mass is 490 g/mol. The van der Waals surface area contributed by atoms with Gasteiger partial charge >= 0.3 is 0 Å². The zero-order valence-electron chi connectivity index (χ0n) is 19.9. The lowest BCUT2D eigenvalue weighted by molar-refractivity contribution is 0.331. The molecule has 9 heteroatoms. The maximum Gasteiger partial charge on any atom is 0.161 e. The van der Waals surface area contributed by atoms with E-state index >= 15 is 0 Å². The fourth-order valence-electron chi connectivity index (χ4n) is 5.02. The second kappa shape index (κ2) is 8.86. The van der Waals surface area contributed by atoms with Crippen molar-refractivity contribution in [3.8, 4) is 33.9 Å². The molecule has 5 aromatic heterocycles.